The third kappa shape index (κ3) is 2.01. The molecule has 0 saturated carbocycles. The van der Waals surface area contributed by atoms with E-state index < -0.39 is 0 Å². The molecule has 1 amide bonds. The number of nitrogens with zero attached hydrogens (tertiary/aromatic N) is 1. The highest BCUT2D eigenvalue weighted by atomic mass is 16.3. The fourth-order valence-corrected chi connectivity index (χ4v) is 1.56. The van der Waals surface area contributed by atoms with Crippen LogP contribution in [0.4, 0.5) is 0 Å². The van der Waals surface area contributed by atoms with Crippen molar-refractivity contribution < 1.29 is 9.90 Å². The van der Waals surface area contributed by atoms with E-state index in [-0.39, 0.29) is 19.1 Å². The van der Waals surface area contributed by atoms with Gasteiger partial charge in [0.15, 0.2) is 0 Å². The number of benzene rings is 1. The van der Waals surface area contributed by atoms with Crippen molar-refractivity contribution in [1.29, 1.82) is 0 Å². The highest BCUT2D eigenvalue weighted by Gasteiger charge is 2.08. The molecule has 0 spiro atoms. The quantitative estimate of drug-likeness (QED) is 0.803. The summed E-state index contributed by atoms with van der Waals surface area (Å²) < 4.78 is 0. The fraction of sp³-hybridized carbons (Fsp3) is 0.167. The molecule has 1 aromatic carbocycles. The van der Waals surface area contributed by atoms with Gasteiger partial charge in [0.25, 0.3) is 5.91 Å². The molecule has 0 atom stereocenters. The lowest BCUT2D eigenvalue weighted by molar-refractivity contribution is 0.0946. The van der Waals surface area contributed by atoms with Crippen molar-refractivity contribution in [2.24, 2.45) is 0 Å². The van der Waals surface area contributed by atoms with Crippen molar-refractivity contribution in [3.63, 3.8) is 0 Å². The largest absolute Gasteiger partial charge is 0.395 e. The molecule has 0 aliphatic carbocycles. The summed E-state index contributed by atoms with van der Waals surface area (Å²) in [5, 5.41) is 13.1. The predicted octanol–water partition coefficient (Wildman–Crippen LogP) is 0.957. The summed E-state index contributed by atoms with van der Waals surface area (Å²) in [6.45, 7) is 0.186. The molecule has 1 heterocycles. The standard InChI is InChI=1S/C12H12N2O2/c15-6-5-14-12(16)11-8-13-7-9-3-1-2-4-10(9)11/h1-4,7-8,15H,5-6H2,(H,14,16). The van der Waals surface area contributed by atoms with Crippen molar-refractivity contribution >= 4 is 16.7 Å². The SMILES string of the molecule is O=C(NCCO)c1cncc2ccccc12. The predicted molar refractivity (Wildman–Crippen MR) is 61.2 cm³/mol. The molecule has 0 saturated heterocycles. The van der Waals surface area contributed by atoms with E-state index in [0.29, 0.717) is 5.56 Å². The number of aliphatic hydroxyl groups excluding tert-OH is 1. The number of carbonyl (C=O) groups excluding carboxylic acids is 1. The van der Waals surface area contributed by atoms with Crippen LogP contribution < -0.4 is 5.32 Å². The van der Waals surface area contributed by atoms with Crippen LogP contribution in [0.1, 0.15) is 10.4 Å². The third-order valence-electron chi connectivity index (χ3n) is 2.31. The fourth-order valence-electron chi connectivity index (χ4n) is 1.56. The van der Waals surface area contributed by atoms with E-state index in [2.05, 4.69) is 10.3 Å². The van der Waals surface area contributed by atoms with Gasteiger partial charge in [-0.05, 0) is 5.39 Å². The molecule has 1 aromatic heterocycles. The molecule has 0 aliphatic heterocycles. The molecule has 2 N–H and O–H groups in total. The maximum absolute atomic E-state index is 11.8. The van der Waals surface area contributed by atoms with Crippen molar-refractivity contribution in [3.05, 3.63) is 42.2 Å². The van der Waals surface area contributed by atoms with Gasteiger partial charge in [0.2, 0.25) is 0 Å². The normalized spacial score (nSPS) is 10.3. The van der Waals surface area contributed by atoms with E-state index in [0.717, 1.165) is 10.8 Å². The van der Waals surface area contributed by atoms with Gasteiger partial charge in [0.05, 0.1) is 12.2 Å². The Labute approximate surface area is 92.9 Å². The number of hydrogen-bond donors (Lipinski definition) is 2. The number of carbonyl (C=O) groups is 1. The van der Waals surface area contributed by atoms with Crippen LogP contribution in [0.15, 0.2) is 36.7 Å². The topological polar surface area (TPSA) is 62.2 Å². The first-order valence-corrected chi connectivity index (χ1v) is 5.05. The van der Waals surface area contributed by atoms with Gasteiger partial charge in [-0.1, -0.05) is 24.3 Å². The zero-order valence-electron chi connectivity index (χ0n) is 8.68. The molecule has 82 valence electrons. The monoisotopic (exact) mass is 216 g/mol. The van der Waals surface area contributed by atoms with Gasteiger partial charge in [-0.15, -0.1) is 0 Å². The average molecular weight is 216 g/mol. The van der Waals surface area contributed by atoms with E-state index in [1.165, 1.54) is 6.20 Å². The Bertz CT molecular complexity index is 506. The number of aromatic nitrogens is 1. The van der Waals surface area contributed by atoms with Crippen molar-refractivity contribution in [2.75, 3.05) is 13.2 Å². The number of nitrogens with one attached hydrogen (secondary N) is 1. The Balaban J connectivity index is 2.40. The van der Waals surface area contributed by atoms with Crippen molar-refractivity contribution in [1.82, 2.24) is 10.3 Å². The molecular formula is C12H12N2O2. The molecule has 4 heteroatoms. The number of aliphatic hydroxyl groups is 1. The van der Waals surface area contributed by atoms with E-state index >= 15 is 0 Å². The first kappa shape index (κ1) is 10.6. The Kier molecular flexibility index (Phi) is 3.12. The minimum absolute atomic E-state index is 0.0655. The number of amides is 1. The van der Waals surface area contributed by atoms with Gasteiger partial charge in [-0.2, -0.15) is 0 Å². The van der Waals surface area contributed by atoms with Gasteiger partial charge in [-0.25, -0.2) is 0 Å². The second-order valence-corrected chi connectivity index (χ2v) is 3.39. The first-order chi connectivity index (χ1) is 7.83. The molecule has 2 aromatic rings. The smallest absolute Gasteiger partial charge is 0.253 e. The molecule has 0 bridgehead atoms. The molecule has 0 aliphatic rings. The van der Waals surface area contributed by atoms with Crippen LogP contribution in [0.25, 0.3) is 10.8 Å². The van der Waals surface area contributed by atoms with Crippen molar-refractivity contribution in [3.8, 4) is 0 Å². The number of rotatable bonds is 3. The Morgan fingerprint density at radius 2 is 2.12 bits per heavy atom. The molecule has 2 rings (SSSR count). The lowest BCUT2D eigenvalue weighted by Crippen LogP contribution is -2.26. The Morgan fingerprint density at radius 1 is 1.31 bits per heavy atom. The summed E-state index contributed by atoms with van der Waals surface area (Å²) in [4.78, 5) is 15.8. The Morgan fingerprint density at radius 3 is 2.94 bits per heavy atom. The molecule has 0 unspecified atom stereocenters. The molecular weight excluding hydrogens is 204 g/mol. The zero-order chi connectivity index (χ0) is 11.4. The van der Waals surface area contributed by atoms with Crippen molar-refractivity contribution in [2.45, 2.75) is 0 Å². The average Bonchev–Trinajstić information content (AvgIpc) is 2.35. The maximum atomic E-state index is 11.8. The second-order valence-electron chi connectivity index (χ2n) is 3.39. The Hall–Kier alpha value is -1.94. The number of pyridine rings is 1. The second kappa shape index (κ2) is 4.72. The van der Waals surface area contributed by atoms with Crippen LogP contribution in [0.5, 0.6) is 0 Å². The van der Waals surface area contributed by atoms with Crippen LogP contribution in [0.2, 0.25) is 0 Å². The lowest BCUT2D eigenvalue weighted by atomic mass is 10.1. The van der Waals surface area contributed by atoms with Crippen LogP contribution in [-0.2, 0) is 0 Å². The summed E-state index contributed by atoms with van der Waals surface area (Å²) in [7, 11) is 0. The molecule has 0 fully saturated rings. The summed E-state index contributed by atoms with van der Waals surface area (Å²) in [5.74, 6) is -0.210. The van der Waals surface area contributed by atoms with Gasteiger partial charge < -0.3 is 10.4 Å². The van der Waals surface area contributed by atoms with E-state index in [1.807, 2.05) is 24.3 Å². The summed E-state index contributed by atoms with van der Waals surface area (Å²) in [6.07, 6.45) is 3.26. The number of fused-ring (bicyclic) bond motifs is 1. The van der Waals surface area contributed by atoms with E-state index in [4.69, 9.17) is 5.11 Å². The molecule has 16 heavy (non-hydrogen) atoms. The van der Waals surface area contributed by atoms with Gasteiger partial charge in [0, 0.05) is 24.3 Å². The number of hydrogen-bond acceptors (Lipinski definition) is 3. The highest BCUT2D eigenvalue weighted by Crippen LogP contribution is 2.16. The van der Waals surface area contributed by atoms with E-state index in [1.54, 1.807) is 6.20 Å². The molecule has 4 nitrogen and oxygen atoms in total. The first-order valence-electron chi connectivity index (χ1n) is 5.05. The minimum atomic E-state index is -0.210. The minimum Gasteiger partial charge on any atom is -0.395 e. The van der Waals surface area contributed by atoms with E-state index in [9.17, 15) is 4.79 Å². The van der Waals surface area contributed by atoms with Crippen LogP contribution in [0.3, 0.4) is 0 Å². The van der Waals surface area contributed by atoms with Gasteiger partial charge in [-0.3, -0.25) is 9.78 Å². The summed E-state index contributed by atoms with van der Waals surface area (Å²) in [5.41, 5.74) is 0.534. The van der Waals surface area contributed by atoms with Crippen LogP contribution in [-0.4, -0.2) is 29.1 Å². The maximum Gasteiger partial charge on any atom is 0.253 e. The molecule has 0 radical (unpaired) electrons. The van der Waals surface area contributed by atoms with Crippen LogP contribution in [0, 0.1) is 0 Å². The summed E-state index contributed by atoms with van der Waals surface area (Å²) in [6, 6.07) is 7.57. The zero-order valence-corrected chi connectivity index (χ0v) is 8.68. The summed E-state index contributed by atoms with van der Waals surface area (Å²) >= 11 is 0. The highest BCUT2D eigenvalue weighted by molar-refractivity contribution is 6.06. The van der Waals surface area contributed by atoms with Crippen LogP contribution >= 0.6 is 0 Å². The van der Waals surface area contributed by atoms with Gasteiger partial charge in [0.1, 0.15) is 0 Å². The lowest BCUT2D eigenvalue weighted by Gasteiger charge is -2.05. The van der Waals surface area contributed by atoms with Gasteiger partial charge >= 0.3 is 0 Å². The third-order valence-corrected chi connectivity index (χ3v) is 2.31.